The number of carbonyl (C=O) groups is 1. The fourth-order valence-corrected chi connectivity index (χ4v) is 0.899. The highest BCUT2D eigenvalue weighted by Gasteiger charge is 2.18. The van der Waals surface area contributed by atoms with Gasteiger partial charge < -0.3 is 0 Å². The molecular weight excluding hydrogens is 182 g/mol. The molecule has 0 rings (SSSR count). The molecule has 0 aliphatic heterocycles. The van der Waals surface area contributed by atoms with Crippen molar-refractivity contribution in [3.05, 3.63) is 0 Å². The van der Waals surface area contributed by atoms with E-state index in [4.69, 9.17) is 0 Å². The second-order valence-corrected chi connectivity index (χ2v) is 4.09. The van der Waals surface area contributed by atoms with E-state index < -0.39 is 0 Å². The van der Waals surface area contributed by atoms with Crippen LogP contribution in [0.15, 0.2) is 0 Å². The highest BCUT2D eigenvalue weighted by molar-refractivity contribution is 8.13. The third-order valence-electron chi connectivity index (χ3n) is 2.08. The Morgan fingerprint density at radius 3 is 2.46 bits per heavy atom. The first-order chi connectivity index (χ1) is 5.94. The minimum Gasteiger partial charge on any atom is -0.291 e. The van der Waals surface area contributed by atoms with Crippen molar-refractivity contribution in [2.75, 3.05) is 19.8 Å². The summed E-state index contributed by atoms with van der Waals surface area (Å²) in [6, 6.07) is 0. The molecule has 3 heteroatoms. The van der Waals surface area contributed by atoms with Crippen LogP contribution in [0.25, 0.3) is 0 Å². The molecule has 0 heterocycles. The predicted octanol–water partition coefficient (Wildman–Crippen LogP) is 1.61. The van der Waals surface area contributed by atoms with Crippen LogP contribution < -0.4 is 0 Å². The van der Waals surface area contributed by atoms with Crippen LogP contribution in [0.1, 0.15) is 20.8 Å². The van der Waals surface area contributed by atoms with Gasteiger partial charge in [-0.25, -0.2) is 0 Å². The molecule has 0 unspecified atom stereocenters. The molecule has 0 bridgehead atoms. The highest BCUT2D eigenvalue weighted by Crippen LogP contribution is 2.09. The van der Waals surface area contributed by atoms with Crippen LogP contribution in [0.2, 0.25) is 0 Å². The lowest BCUT2D eigenvalue weighted by molar-refractivity contribution is -0.106. The van der Waals surface area contributed by atoms with Gasteiger partial charge in [-0.05, 0) is 39.6 Å². The average molecular weight is 199 g/mol. The van der Waals surface area contributed by atoms with E-state index in [0.29, 0.717) is 0 Å². The molecule has 0 aliphatic rings. The molecule has 0 fully saturated rings. The first-order valence-electron chi connectivity index (χ1n) is 4.26. The topological polar surface area (TPSA) is 20.3 Å². The molecule has 0 amide bonds. The van der Waals surface area contributed by atoms with Gasteiger partial charge in [-0.1, -0.05) is 24.6 Å². The SMILES string of the molecule is CCN(C)C(C)(C)C#CC(=O)SC. The lowest BCUT2D eigenvalue weighted by Crippen LogP contribution is -2.39. The largest absolute Gasteiger partial charge is 0.291 e. The van der Waals surface area contributed by atoms with Crippen LogP contribution in [0.3, 0.4) is 0 Å². The van der Waals surface area contributed by atoms with E-state index in [1.165, 1.54) is 0 Å². The zero-order chi connectivity index (χ0) is 10.5. The summed E-state index contributed by atoms with van der Waals surface area (Å²) in [5.74, 6) is 5.59. The normalized spacial score (nSPS) is 10.9. The summed E-state index contributed by atoms with van der Waals surface area (Å²) >= 11 is 1.15. The maximum Gasteiger partial charge on any atom is 0.262 e. The van der Waals surface area contributed by atoms with Gasteiger partial charge in [0, 0.05) is 0 Å². The van der Waals surface area contributed by atoms with Gasteiger partial charge in [0.2, 0.25) is 0 Å². The highest BCUT2D eigenvalue weighted by atomic mass is 32.2. The lowest BCUT2D eigenvalue weighted by atomic mass is 10.1. The summed E-state index contributed by atoms with van der Waals surface area (Å²) in [6.07, 6.45) is 1.74. The molecule has 0 atom stereocenters. The minimum atomic E-state index is -0.222. The van der Waals surface area contributed by atoms with Crippen molar-refractivity contribution in [3.8, 4) is 11.8 Å². The zero-order valence-electron chi connectivity index (χ0n) is 8.97. The van der Waals surface area contributed by atoms with Crippen molar-refractivity contribution in [1.82, 2.24) is 4.90 Å². The quantitative estimate of drug-likeness (QED) is 0.630. The Morgan fingerprint density at radius 2 is 2.08 bits per heavy atom. The van der Waals surface area contributed by atoms with Gasteiger partial charge in [-0.3, -0.25) is 9.69 Å². The first kappa shape index (κ1) is 12.5. The van der Waals surface area contributed by atoms with Crippen molar-refractivity contribution < 1.29 is 4.79 Å². The van der Waals surface area contributed by atoms with Crippen molar-refractivity contribution in [2.45, 2.75) is 26.3 Å². The summed E-state index contributed by atoms with van der Waals surface area (Å²) < 4.78 is 0. The van der Waals surface area contributed by atoms with Gasteiger partial charge in [0.05, 0.1) is 5.54 Å². The Hall–Kier alpha value is -0.460. The van der Waals surface area contributed by atoms with Gasteiger partial charge >= 0.3 is 0 Å². The Bertz CT molecular complexity index is 237. The number of nitrogens with zero attached hydrogens (tertiary/aromatic N) is 1. The minimum absolute atomic E-state index is 0.0717. The summed E-state index contributed by atoms with van der Waals surface area (Å²) in [5.41, 5.74) is -0.222. The van der Waals surface area contributed by atoms with Crippen molar-refractivity contribution in [3.63, 3.8) is 0 Å². The molecule has 74 valence electrons. The summed E-state index contributed by atoms with van der Waals surface area (Å²) in [4.78, 5) is 13.0. The number of thioether (sulfide) groups is 1. The van der Waals surface area contributed by atoms with Crippen molar-refractivity contribution in [2.24, 2.45) is 0 Å². The molecule has 13 heavy (non-hydrogen) atoms. The smallest absolute Gasteiger partial charge is 0.262 e. The van der Waals surface area contributed by atoms with E-state index in [-0.39, 0.29) is 10.7 Å². The lowest BCUT2D eigenvalue weighted by Gasteiger charge is -2.29. The van der Waals surface area contributed by atoms with Crippen molar-refractivity contribution >= 4 is 16.9 Å². The third-order valence-corrected chi connectivity index (χ3v) is 2.56. The van der Waals surface area contributed by atoms with Gasteiger partial charge in [-0.2, -0.15) is 0 Å². The first-order valence-corrected chi connectivity index (χ1v) is 5.49. The number of hydrogen-bond donors (Lipinski definition) is 0. The second-order valence-electron chi connectivity index (χ2n) is 3.31. The van der Waals surface area contributed by atoms with Gasteiger partial charge in [0.25, 0.3) is 5.12 Å². The van der Waals surface area contributed by atoms with E-state index >= 15 is 0 Å². The fraction of sp³-hybridized carbons (Fsp3) is 0.700. The maximum atomic E-state index is 10.9. The Labute approximate surface area is 85.1 Å². The predicted molar refractivity (Wildman–Crippen MR) is 58.7 cm³/mol. The fourth-order valence-electron chi connectivity index (χ4n) is 0.746. The van der Waals surface area contributed by atoms with Crippen LogP contribution >= 0.6 is 11.8 Å². The summed E-state index contributed by atoms with van der Waals surface area (Å²) in [6.45, 7) is 7.02. The molecule has 0 aromatic heterocycles. The molecule has 0 spiro atoms. The van der Waals surface area contributed by atoms with E-state index in [1.54, 1.807) is 6.26 Å². The Kier molecular flexibility index (Phi) is 5.12. The molecule has 0 aromatic carbocycles. The molecule has 0 saturated carbocycles. The van der Waals surface area contributed by atoms with Crippen LogP contribution in [-0.4, -0.2) is 35.4 Å². The average Bonchev–Trinajstić information content (AvgIpc) is 2.12. The van der Waals surface area contributed by atoms with Crippen LogP contribution in [0, 0.1) is 11.8 Å². The number of carbonyl (C=O) groups excluding carboxylic acids is 1. The van der Waals surface area contributed by atoms with Crippen LogP contribution in [0.4, 0.5) is 0 Å². The van der Waals surface area contributed by atoms with E-state index in [9.17, 15) is 4.79 Å². The van der Waals surface area contributed by atoms with Gasteiger partial charge in [0.15, 0.2) is 0 Å². The number of rotatable bonds is 2. The summed E-state index contributed by atoms with van der Waals surface area (Å²) in [7, 11) is 2.00. The zero-order valence-corrected chi connectivity index (χ0v) is 9.79. The van der Waals surface area contributed by atoms with Gasteiger partial charge in [-0.15, -0.1) is 0 Å². The standard InChI is InChI=1S/C10H17NOS/c1-6-11(4)10(2,3)8-7-9(12)13-5/h6H2,1-5H3. The Balaban J connectivity index is 4.45. The van der Waals surface area contributed by atoms with Crippen LogP contribution in [0.5, 0.6) is 0 Å². The molecule has 0 aromatic rings. The van der Waals surface area contributed by atoms with E-state index in [2.05, 4.69) is 23.7 Å². The molecule has 0 radical (unpaired) electrons. The van der Waals surface area contributed by atoms with E-state index in [1.807, 2.05) is 20.9 Å². The molecular formula is C10H17NOS. The van der Waals surface area contributed by atoms with Crippen molar-refractivity contribution in [1.29, 1.82) is 0 Å². The molecule has 0 aliphatic carbocycles. The van der Waals surface area contributed by atoms with Crippen LogP contribution in [-0.2, 0) is 4.79 Å². The number of hydrogen-bond acceptors (Lipinski definition) is 3. The van der Waals surface area contributed by atoms with E-state index in [0.717, 1.165) is 18.3 Å². The monoisotopic (exact) mass is 199 g/mol. The second kappa shape index (κ2) is 5.31. The van der Waals surface area contributed by atoms with Gasteiger partial charge in [0.1, 0.15) is 0 Å². The molecule has 0 saturated heterocycles. The molecule has 2 nitrogen and oxygen atoms in total. The third kappa shape index (κ3) is 4.35. The summed E-state index contributed by atoms with van der Waals surface area (Å²) in [5, 5.41) is -0.0717. The molecule has 0 N–H and O–H groups in total. The maximum absolute atomic E-state index is 10.9. The Morgan fingerprint density at radius 1 is 1.54 bits per heavy atom.